The van der Waals surface area contributed by atoms with Crippen molar-refractivity contribution in [2.75, 3.05) is 0 Å². The Labute approximate surface area is 80.3 Å². The molecule has 0 saturated heterocycles. The van der Waals surface area contributed by atoms with Crippen molar-refractivity contribution in [3.05, 3.63) is 34.6 Å². The van der Waals surface area contributed by atoms with E-state index in [9.17, 15) is 9.18 Å². The van der Waals surface area contributed by atoms with Gasteiger partial charge in [-0.2, -0.15) is 0 Å². The fraction of sp³-hybridized carbons (Fsp3) is 0.222. The molecule has 0 heterocycles. The van der Waals surface area contributed by atoms with E-state index in [1.54, 1.807) is 0 Å². The highest BCUT2D eigenvalue weighted by molar-refractivity contribution is 6.30. The molecule has 13 heavy (non-hydrogen) atoms. The largest absolute Gasteiger partial charge is 0.461 e. The summed E-state index contributed by atoms with van der Waals surface area (Å²) in [6.45, 7) is 1.18. The molecule has 0 N–H and O–H groups in total. The maximum Gasteiger partial charge on any atom is 0.302 e. The topological polar surface area (TPSA) is 26.3 Å². The van der Waals surface area contributed by atoms with Crippen LogP contribution >= 0.6 is 11.6 Å². The predicted molar refractivity (Wildman–Crippen MR) is 46.9 cm³/mol. The Morgan fingerprint density at radius 1 is 1.62 bits per heavy atom. The molecule has 0 amide bonds. The summed E-state index contributed by atoms with van der Waals surface area (Å²) < 4.78 is 17.6. The molecule has 0 saturated carbocycles. The van der Waals surface area contributed by atoms with Gasteiger partial charge in [0.25, 0.3) is 0 Å². The van der Waals surface area contributed by atoms with Crippen molar-refractivity contribution in [2.45, 2.75) is 13.5 Å². The summed E-state index contributed by atoms with van der Waals surface area (Å²) in [5.41, 5.74) is 0.280. The van der Waals surface area contributed by atoms with Gasteiger partial charge in [-0.1, -0.05) is 11.6 Å². The van der Waals surface area contributed by atoms with E-state index in [1.165, 1.54) is 25.1 Å². The molecule has 0 atom stereocenters. The Kier molecular flexibility index (Phi) is 3.25. The van der Waals surface area contributed by atoms with E-state index in [-0.39, 0.29) is 12.2 Å². The molecule has 0 unspecified atom stereocenters. The minimum absolute atomic E-state index is 0.0816. The second kappa shape index (κ2) is 4.23. The highest BCUT2D eigenvalue weighted by Gasteiger charge is 2.04. The lowest BCUT2D eigenvalue weighted by molar-refractivity contribution is -0.142. The normalized spacial score (nSPS) is 9.77. The summed E-state index contributed by atoms with van der Waals surface area (Å²) in [6, 6.07) is 4.11. The molecule has 0 bridgehead atoms. The number of benzene rings is 1. The quantitative estimate of drug-likeness (QED) is 0.689. The molecule has 4 heteroatoms. The van der Waals surface area contributed by atoms with Crippen LogP contribution in [0.1, 0.15) is 12.5 Å². The molecule has 1 rings (SSSR count). The highest BCUT2D eigenvalue weighted by atomic mass is 35.5. The van der Waals surface area contributed by atoms with Crippen molar-refractivity contribution in [1.29, 1.82) is 0 Å². The first-order chi connectivity index (χ1) is 6.09. The van der Waals surface area contributed by atoms with Gasteiger partial charge in [0.05, 0.1) is 0 Å². The molecule has 0 fully saturated rings. The first kappa shape index (κ1) is 9.99. The van der Waals surface area contributed by atoms with E-state index in [1.807, 2.05) is 0 Å². The number of rotatable bonds is 2. The number of ether oxygens (including phenoxy) is 1. The maximum absolute atomic E-state index is 13.0. The Bertz CT molecular complexity index is 325. The van der Waals surface area contributed by atoms with Gasteiger partial charge in [-0.25, -0.2) is 4.39 Å². The van der Waals surface area contributed by atoms with Crippen molar-refractivity contribution in [1.82, 2.24) is 0 Å². The Balaban J connectivity index is 2.75. The predicted octanol–water partition coefficient (Wildman–Crippen LogP) is 2.54. The van der Waals surface area contributed by atoms with Crippen molar-refractivity contribution < 1.29 is 13.9 Å². The molecule has 0 spiro atoms. The smallest absolute Gasteiger partial charge is 0.302 e. The molecule has 70 valence electrons. The van der Waals surface area contributed by atoms with Crippen LogP contribution in [0.25, 0.3) is 0 Å². The molecule has 0 radical (unpaired) electrons. The van der Waals surface area contributed by atoms with Crippen LogP contribution in [0.2, 0.25) is 5.02 Å². The zero-order valence-electron chi connectivity index (χ0n) is 7.01. The van der Waals surface area contributed by atoms with Crippen molar-refractivity contribution in [3.8, 4) is 0 Å². The van der Waals surface area contributed by atoms with Crippen molar-refractivity contribution >= 4 is 17.6 Å². The molecule has 0 aromatic heterocycles. The van der Waals surface area contributed by atoms with E-state index >= 15 is 0 Å². The maximum atomic E-state index is 13.0. The van der Waals surface area contributed by atoms with Gasteiger partial charge in [0.2, 0.25) is 0 Å². The molecule has 1 aromatic carbocycles. The fourth-order valence-corrected chi connectivity index (χ4v) is 1.03. The number of carbonyl (C=O) groups is 1. The summed E-state index contributed by atoms with van der Waals surface area (Å²) in [7, 11) is 0. The number of hydrogen-bond acceptors (Lipinski definition) is 2. The lowest BCUT2D eigenvalue weighted by Gasteiger charge is -2.03. The molecule has 1 aromatic rings. The average Bonchev–Trinajstić information content (AvgIpc) is 2.06. The van der Waals surface area contributed by atoms with Crippen LogP contribution in [-0.2, 0) is 16.1 Å². The third-order valence-corrected chi connectivity index (χ3v) is 1.67. The first-order valence-corrected chi connectivity index (χ1v) is 4.04. The number of carbonyl (C=O) groups excluding carboxylic acids is 1. The molecule has 0 aliphatic heterocycles. The lowest BCUT2D eigenvalue weighted by Crippen LogP contribution is -2.00. The molecular formula is C9H8ClFO2. The van der Waals surface area contributed by atoms with Gasteiger partial charge in [0.15, 0.2) is 0 Å². The Hall–Kier alpha value is -1.09. The third-order valence-electron chi connectivity index (χ3n) is 1.44. The Morgan fingerprint density at radius 2 is 2.31 bits per heavy atom. The van der Waals surface area contributed by atoms with Gasteiger partial charge in [0, 0.05) is 17.5 Å². The molecular weight excluding hydrogens is 195 g/mol. The number of esters is 1. The first-order valence-electron chi connectivity index (χ1n) is 3.67. The minimum atomic E-state index is -0.445. The van der Waals surface area contributed by atoms with E-state index in [2.05, 4.69) is 4.74 Å². The van der Waals surface area contributed by atoms with Gasteiger partial charge in [-0.15, -0.1) is 0 Å². The number of hydrogen-bond donors (Lipinski definition) is 0. The van der Waals surface area contributed by atoms with Gasteiger partial charge in [0.1, 0.15) is 12.4 Å². The van der Waals surface area contributed by atoms with E-state index in [4.69, 9.17) is 11.6 Å². The van der Waals surface area contributed by atoms with Gasteiger partial charge >= 0.3 is 5.97 Å². The minimum Gasteiger partial charge on any atom is -0.461 e. The summed E-state index contributed by atoms with van der Waals surface area (Å²) in [6.07, 6.45) is 0. The van der Waals surface area contributed by atoms with Crippen LogP contribution in [0.3, 0.4) is 0 Å². The molecule has 0 aliphatic rings. The van der Waals surface area contributed by atoms with E-state index in [0.717, 1.165) is 0 Å². The SMILES string of the molecule is CC(=O)OCc1cc(Cl)ccc1F. The molecule has 2 nitrogen and oxygen atoms in total. The second-order valence-corrected chi connectivity index (χ2v) is 2.95. The third kappa shape index (κ3) is 3.03. The van der Waals surface area contributed by atoms with Gasteiger partial charge in [-0.05, 0) is 18.2 Å². The fourth-order valence-electron chi connectivity index (χ4n) is 0.833. The van der Waals surface area contributed by atoms with Gasteiger partial charge < -0.3 is 4.74 Å². The Morgan fingerprint density at radius 3 is 2.92 bits per heavy atom. The van der Waals surface area contributed by atoms with Crippen LogP contribution in [0.15, 0.2) is 18.2 Å². The lowest BCUT2D eigenvalue weighted by atomic mass is 10.2. The van der Waals surface area contributed by atoms with Crippen LogP contribution in [0.5, 0.6) is 0 Å². The van der Waals surface area contributed by atoms with E-state index < -0.39 is 11.8 Å². The summed E-state index contributed by atoms with van der Waals surface area (Å²) in [4.78, 5) is 10.4. The summed E-state index contributed by atoms with van der Waals surface area (Å²) in [5.74, 6) is -0.870. The second-order valence-electron chi connectivity index (χ2n) is 2.52. The van der Waals surface area contributed by atoms with Crippen LogP contribution in [0, 0.1) is 5.82 Å². The highest BCUT2D eigenvalue weighted by Crippen LogP contribution is 2.15. The standard InChI is InChI=1S/C9H8ClFO2/c1-6(12)13-5-7-4-8(10)2-3-9(7)11/h2-4H,5H2,1H3. The van der Waals surface area contributed by atoms with Crippen molar-refractivity contribution in [2.24, 2.45) is 0 Å². The van der Waals surface area contributed by atoms with Crippen LogP contribution < -0.4 is 0 Å². The monoisotopic (exact) mass is 202 g/mol. The summed E-state index contributed by atoms with van der Waals surface area (Å²) >= 11 is 5.62. The van der Waals surface area contributed by atoms with E-state index in [0.29, 0.717) is 5.02 Å². The van der Waals surface area contributed by atoms with Crippen LogP contribution in [0.4, 0.5) is 4.39 Å². The van der Waals surface area contributed by atoms with Crippen molar-refractivity contribution in [3.63, 3.8) is 0 Å². The summed E-state index contributed by atoms with van der Waals surface area (Å²) in [5, 5.41) is 0.420. The molecule has 0 aliphatic carbocycles. The zero-order valence-corrected chi connectivity index (χ0v) is 7.77. The van der Waals surface area contributed by atoms with Gasteiger partial charge in [-0.3, -0.25) is 4.79 Å². The number of halogens is 2. The van der Waals surface area contributed by atoms with Crippen LogP contribution in [-0.4, -0.2) is 5.97 Å². The average molecular weight is 203 g/mol. The zero-order chi connectivity index (χ0) is 9.84.